The number of piperidine rings is 1. The van der Waals surface area contributed by atoms with Crippen molar-refractivity contribution in [3.05, 3.63) is 71.6 Å². The molecule has 2 aliphatic rings. The molecule has 11 heteroatoms. The summed E-state index contributed by atoms with van der Waals surface area (Å²) in [5, 5.41) is 5.84. The number of pyridine rings is 1. The molecule has 3 aromatic rings. The summed E-state index contributed by atoms with van der Waals surface area (Å²) < 4.78 is 61.2. The van der Waals surface area contributed by atoms with Gasteiger partial charge in [-0.3, -0.25) is 9.78 Å². The van der Waals surface area contributed by atoms with E-state index in [9.17, 15) is 9.18 Å². The molecule has 0 spiro atoms. The topological polar surface area (TPSA) is 86.5 Å². The van der Waals surface area contributed by atoms with Crippen LogP contribution in [-0.4, -0.2) is 56.2 Å². The fraction of sp³-hybridized carbons (Fsp3) is 0.379. The van der Waals surface area contributed by atoms with Crippen molar-refractivity contribution in [1.29, 1.82) is 0 Å². The first-order valence-corrected chi connectivity index (χ1v) is 13.4. The lowest BCUT2D eigenvalue weighted by atomic mass is 9.96. The Morgan fingerprint density at radius 2 is 1.77 bits per heavy atom. The summed E-state index contributed by atoms with van der Waals surface area (Å²) in [6.45, 7) is 5.91. The third-order valence-corrected chi connectivity index (χ3v) is 7.40. The first-order chi connectivity index (χ1) is 19.2. The molecule has 0 unspecified atom stereocenters. The lowest BCUT2D eigenvalue weighted by Gasteiger charge is -2.37. The van der Waals surface area contributed by atoms with Crippen LogP contribution in [0, 0.1) is 29.2 Å². The average Bonchev–Trinajstić information content (AvgIpc) is 3.19. The first kappa shape index (κ1) is 27.9. The quantitative estimate of drug-likeness (QED) is 0.401. The van der Waals surface area contributed by atoms with Gasteiger partial charge in [0, 0.05) is 50.6 Å². The fourth-order valence-corrected chi connectivity index (χ4v) is 5.59. The zero-order valence-corrected chi connectivity index (χ0v) is 22.2. The summed E-state index contributed by atoms with van der Waals surface area (Å²) in [4.78, 5) is 21.1. The number of halogens is 4. The number of hydrogen-bond acceptors (Lipinski definition) is 6. The Balaban J connectivity index is 1.45. The molecule has 2 aliphatic heterocycles. The second kappa shape index (κ2) is 11.8. The minimum Gasteiger partial charge on any atom is -0.370 e. The van der Waals surface area contributed by atoms with Crippen molar-refractivity contribution in [3.63, 3.8) is 0 Å². The summed E-state index contributed by atoms with van der Waals surface area (Å²) in [7, 11) is 0. The second-order valence-electron chi connectivity index (χ2n) is 10.5. The maximum Gasteiger partial charge on any atom is 0.258 e. The van der Waals surface area contributed by atoms with Crippen molar-refractivity contribution >= 4 is 23.0 Å². The molecule has 0 bridgehead atoms. The van der Waals surface area contributed by atoms with Crippen LogP contribution in [-0.2, 0) is 0 Å². The van der Waals surface area contributed by atoms with Crippen LogP contribution in [0.2, 0.25) is 0 Å². The van der Waals surface area contributed by atoms with Crippen molar-refractivity contribution in [2.75, 3.05) is 54.4 Å². The van der Waals surface area contributed by atoms with Gasteiger partial charge < -0.3 is 26.2 Å². The molecule has 40 heavy (non-hydrogen) atoms. The van der Waals surface area contributed by atoms with Crippen LogP contribution in [0.4, 0.5) is 34.6 Å². The Morgan fingerprint density at radius 1 is 1.00 bits per heavy atom. The molecule has 5 rings (SSSR count). The normalized spacial score (nSPS) is 19.9. The lowest BCUT2D eigenvalue weighted by molar-refractivity contribution is 0.102. The number of carbonyl (C=O) groups is 1. The maximum absolute atomic E-state index is 15.7. The maximum atomic E-state index is 15.7. The van der Waals surface area contributed by atoms with E-state index in [1.54, 1.807) is 12.3 Å². The molecule has 4 N–H and O–H groups in total. The van der Waals surface area contributed by atoms with E-state index < -0.39 is 45.9 Å². The van der Waals surface area contributed by atoms with Crippen LogP contribution >= 0.6 is 0 Å². The van der Waals surface area contributed by atoms with Crippen LogP contribution < -0.4 is 26.2 Å². The van der Waals surface area contributed by atoms with Crippen molar-refractivity contribution in [3.8, 4) is 11.1 Å². The third-order valence-electron chi connectivity index (χ3n) is 7.40. The molecule has 1 aromatic heterocycles. The van der Waals surface area contributed by atoms with Gasteiger partial charge >= 0.3 is 0 Å². The Labute approximate surface area is 230 Å². The number of anilines is 3. The molecule has 212 valence electrons. The standard InChI is InChI=1S/C29H32F4N6O/c1-17-11-18(34)16-39(15-17)25-5-7-36-14-24(25)37-29(40)20-3-4-21(30)27(28(20)33)26-22(31)12-19(13-23(26)32)38-9-2-6-35-8-10-38/h3-5,7,12-14,17-18,35H,2,6,8-11,15-16,34H2,1H3,(H,37,40)/t17-,18+/m1/s1. The monoisotopic (exact) mass is 556 g/mol. The van der Waals surface area contributed by atoms with Gasteiger partial charge in [0.05, 0.1) is 34.3 Å². The number of nitrogens with two attached hydrogens (primary N) is 1. The predicted octanol–water partition coefficient (Wildman–Crippen LogP) is 4.53. The largest absolute Gasteiger partial charge is 0.370 e. The van der Waals surface area contributed by atoms with Gasteiger partial charge in [0.15, 0.2) is 0 Å². The molecule has 3 heterocycles. The highest BCUT2D eigenvalue weighted by molar-refractivity contribution is 6.06. The van der Waals surface area contributed by atoms with Crippen LogP contribution in [0.5, 0.6) is 0 Å². The van der Waals surface area contributed by atoms with Crippen molar-refractivity contribution in [2.24, 2.45) is 11.7 Å². The molecule has 0 saturated carbocycles. The van der Waals surface area contributed by atoms with Gasteiger partial charge in [0.25, 0.3) is 5.91 Å². The number of nitrogens with one attached hydrogen (secondary N) is 2. The summed E-state index contributed by atoms with van der Waals surface area (Å²) >= 11 is 0. The first-order valence-electron chi connectivity index (χ1n) is 13.4. The summed E-state index contributed by atoms with van der Waals surface area (Å²) in [5.41, 5.74) is 5.09. The van der Waals surface area contributed by atoms with Crippen molar-refractivity contribution < 1.29 is 22.4 Å². The van der Waals surface area contributed by atoms with E-state index >= 15 is 13.2 Å². The number of nitrogens with zero attached hydrogens (tertiary/aromatic N) is 3. The molecular weight excluding hydrogens is 524 g/mol. The zero-order chi connectivity index (χ0) is 28.4. The molecule has 2 atom stereocenters. The Hall–Kier alpha value is -3.70. The molecule has 0 radical (unpaired) electrons. The summed E-state index contributed by atoms with van der Waals surface area (Å²) in [6, 6.07) is 5.59. The van der Waals surface area contributed by atoms with Gasteiger partial charge in [-0.25, -0.2) is 17.6 Å². The molecule has 2 saturated heterocycles. The summed E-state index contributed by atoms with van der Waals surface area (Å²) in [6.07, 6.45) is 4.66. The number of amides is 1. The average molecular weight is 557 g/mol. The van der Waals surface area contributed by atoms with Gasteiger partial charge in [-0.15, -0.1) is 0 Å². The van der Waals surface area contributed by atoms with Crippen molar-refractivity contribution in [1.82, 2.24) is 10.3 Å². The second-order valence-corrected chi connectivity index (χ2v) is 10.5. The molecule has 1 amide bonds. The number of hydrogen-bond donors (Lipinski definition) is 3. The minimum atomic E-state index is -1.36. The van der Waals surface area contributed by atoms with E-state index in [1.807, 2.05) is 9.80 Å². The SMILES string of the molecule is C[C@@H]1C[C@H](N)CN(c2ccncc2NC(=O)c2ccc(F)c(-c3c(F)cc(N4CCCNCC4)cc3F)c2F)C1. The Bertz CT molecular complexity index is 1360. The van der Waals surface area contributed by atoms with Crippen LogP contribution in [0.25, 0.3) is 11.1 Å². The molecule has 7 nitrogen and oxygen atoms in total. The predicted molar refractivity (Wildman–Crippen MR) is 148 cm³/mol. The van der Waals surface area contributed by atoms with Crippen LogP contribution in [0.15, 0.2) is 42.7 Å². The van der Waals surface area contributed by atoms with Crippen LogP contribution in [0.1, 0.15) is 30.1 Å². The highest BCUT2D eigenvalue weighted by Crippen LogP contribution is 2.36. The third kappa shape index (κ3) is 5.75. The van der Waals surface area contributed by atoms with E-state index in [0.717, 1.165) is 43.7 Å². The number of aromatic nitrogens is 1. The van der Waals surface area contributed by atoms with Gasteiger partial charge in [-0.1, -0.05) is 6.92 Å². The molecule has 2 aromatic carbocycles. The number of rotatable bonds is 5. The van der Waals surface area contributed by atoms with E-state index in [-0.39, 0.29) is 11.7 Å². The Kier molecular flexibility index (Phi) is 8.22. The zero-order valence-electron chi connectivity index (χ0n) is 22.2. The highest BCUT2D eigenvalue weighted by Gasteiger charge is 2.28. The molecule has 2 fully saturated rings. The molecular formula is C29H32F4N6O. The van der Waals surface area contributed by atoms with E-state index in [4.69, 9.17) is 5.73 Å². The Morgan fingerprint density at radius 3 is 2.52 bits per heavy atom. The lowest BCUT2D eigenvalue weighted by Crippen LogP contribution is -2.46. The van der Waals surface area contributed by atoms with E-state index in [0.29, 0.717) is 50.0 Å². The van der Waals surface area contributed by atoms with Crippen LogP contribution in [0.3, 0.4) is 0 Å². The van der Waals surface area contributed by atoms with Crippen molar-refractivity contribution in [2.45, 2.75) is 25.8 Å². The summed E-state index contributed by atoms with van der Waals surface area (Å²) in [5.74, 6) is -5.36. The smallest absolute Gasteiger partial charge is 0.258 e. The highest BCUT2D eigenvalue weighted by atomic mass is 19.1. The van der Waals surface area contributed by atoms with Gasteiger partial charge in [0.2, 0.25) is 0 Å². The minimum absolute atomic E-state index is 0.0511. The number of benzene rings is 2. The molecule has 0 aliphatic carbocycles. The fourth-order valence-electron chi connectivity index (χ4n) is 5.59. The van der Waals surface area contributed by atoms with E-state index in [2.05, 4.69) is 22.5 Å². The van der Waals surface area contributed by atoms with Gasteiger partial charge in [-0.05, 0) is 55.6 Å². The van der Waals surface area contributed by atoms with Gasteiger partial charge in [-0.2, -0.15) is 0 Å². The number of carbonyl (C=O) groups excluding carboxylic acids is 1. The van der Waals surface area contributed by atoms with Gasteiger partial charge in [0.1, 0.15) is 23.3 Å². The van der Waals surface area contributed by atoms with E-state index in [1.165, 1.54) is 6.20 Å².